The van der Waals surface area contributed by atoms with Gasteiger partial charge in [0.05, 0.1) is 0 Å². The second kappa shape index (κ2) is 4.88. The van der Waals surface area contributed by atoms with E-state index in [-0.39, 0.29) is 30.0 Å². The Morgan fingerprint density at radius 2 is 2.16 bits per heavy atom. The molecule has 0 unspecified atom stereocenters. The molecule has 0 fully saturated rings. The quantitative estimate of drug-likeness (QED) is 0.897. The van der Waals surface area contributed by atoms with E-state index in [1.54, 1.807) is 0 Å². The maximum atomic E-state index is 12.4. The van der Waals surface area contributed by atoms with Gasteiger partial charge in [0.25, 0.3) is 0 Å². The molecule has 1 heterocycles. The summed E-state index contributed by atoms with van der Waals surface area (Å²) in [5.41, 5.74) is 5.58. The van der Waals surface area contributed by atoms with E-state index in [4.69, 9.17) is 5.73 Å². The van der Waals surface area contributed by atoms with Crippen molar-refractivity contribution in [2.45, 2.75) is 12.6 Å². The Hall–Kier alpha value is -2.09. The zero-order valence-corrected chi connectivity index (χ0v) is 9.62. The van der Waals surface area contributed by atoms with Crippen molar-refractivity contribution >= 4 is 22.7 Å². The lowest BCUT2D eigenvalue weighted by molar-refractivity contribution is -0.156. The fourth-order valence-electron chi connectivity index (χ4n) is 1.48. The van der Waals surface area contributed by atoms with Crippen LogP contribution in [-0.4, -0.2) is 17.4 Å². The van der Waals surface area contributed by atoms with Crippen molar-refractivity contribution in [1.29, 1.82) is 0 Å². The number of nitrogens with one attached hydrogen (secondary N) is 1. The molecular formula is C11H10F3N3O2. The lowest BCUT2D eigenvalue weighted by Gasteiger charge is -2.02. The van der Waals surface area contributed by atoms with Gasteiger partial charge >= 0.3 is 12.1 Å². The number of anilines is 1. The van der Waals surface area contributed by atoms with Crippen molar-refractivity contribution < 1.29 is 22.4 Å². The van der Waals surface area contributed by atoms with E-state index in [2.05, 4.69) is 14.7 Å². The third-order valence-electron chi connectivity index (χ3n) is 2.29. The number of nitrogens with two attached hydrogens (primary N) is 1. The Labute approximate surface area is 105 Å². The molecule has 0 saturated carbocycles. The standard InChI is InChI=1S/C11H10F3N3O2/c12-11(13,14)10-17-7-5-6(1-2-8(7)19-10)16-9(18)3-4-15/h1-2,5H,3-4,15H2,(H,16,18). The molecule has 0 aliphatic heterocycles. The summed E-state index contributed by atoms with van der Waals surface area (Å²) in [4.78, 5) is 14.6. The summed E-state index contributed by atoms with van der Waals surface area (Å²) in [6, 6.07) is 4.06. The number of nitrogens with zero attached hydrogens (tertiary/aromatic N) is 1. The van der Waals surface area contributed by atoms with Gasteiger partial charge in [-0.15, -0.1) is 0 Å². The molecule has 1 amide bonds. The number of amides is 1. The first-order valence-electron chi connectivity index (χ1n) is 5.38. The molecule has 2 aromatic rings. The normalized spacial score (nSPS) is 11.8. The molecule has 5 nitrogen and oxygen atoms in total. The van der Waals surface area contributed by atoms with E-state index in [0.717, 1.165) is 0 Å². The number of halogens is 3. The van der Waals surface area contributed by atoms with Crippen LogP contribution < -0.4 is 11.1 Å². The minimum absolute atomic E-state index is 0.00384. The van der Waals surface area contributed by atoms with Crippen molar-refractivity contribution in [3.05, 3.63) is 24.1 Å². The molecule has 3 N–H and O–H groups in total. The van der Waals surface area contributed by atoms with Gasteiger partial charge in [-0.05, 0) is 18.2 Å². The second-order valence-electron chi connectivity index (χ2n) is 3.79. The van der Waals surface area contributed by atoms with Gasteiger partial charge in [-0.25, -0.2) is 4.98 Å². The summed E-state index contributed by atoms with van der Waals surface area (Å²) in [5.74, 6) is -1.63. The molecule has 0 aliphatic carbocycles. The van der Waals surface area contributed by atoms with E-state index in [0.29, 0.717) is 5.69 Å². The molecule has 1 aromatic heterocycles. The van der Waals surface area contributed by atoms with Gasteiger partial charge in [0.1, 0.15) is 5.52 Å². The monoisotopic (exact) mass is 273 g/mol. The Bertz CT molecular complexity index is 607. The Morgan fingerprint density at radius 1 is 1.42 bits per heavy atom. The third kappa shape index (κ3) is 3.02. The number of benzene rings is 1. The van der Waals surface area contributed by atoms with Crippen LogP contribution in [0.25, 0.3) is 11.1 Å². The highest BCUT2D eigenvalue weighted by Crippen LogP contribution is 2.31. The minimum atomic E-state index is -4.64. The van der Waals surface area contributed by atoms with Crippen molar-refractivity contribution in [2.24, 2.45) is 5.73 Å². The Kier molecular flexibility index (Phi) is 3.43. The number of rotatable bonds is 3. The summed E-state index contributed by atoms with van der Waals surface area (Å²) in [7, 11) is 0. The molecular weight excluding hydrogens is 263 g/mol. The largest absolute Gasteiger partial charge is 0.468 e. The van der Waals surface area contributed by atoms with Gasteiger partial charge in [-0.3, -0.25) is 4.79 Å². The van der Waals surface area contributed by atoms with E-state index in [1.807, 2.05) is 0 Å². The van der Waals surface area contributed by atoms with Crippen molar-refractivity contribution in [3.63, 3.8) is 0 Å². The van der Waals surface area contributed by atoms with Crippen LogP contribution in [0.5, 0.6) is 0 Å². The first-order valence-corrected chi connectivity index (χ1v) is 5.38. The summed E-state index contributed by atoms with van der Waals surface area (Å²) in [5, 5.41) is 2.50. The smallest absolute Gasteiger partial charge is 0.433 e. The summed E-state index contributed by atoms with van der Waals surface area (Å²) in [6.07, 6.45) is -4.51. The molecule has 0 radical (unpaired) electrons. The lowest BCUT2D eigenvalue weighted by Crippen LogP contribution is -2.16. The van der Waals surface area contributed by atoms with E-state index >= 15 is 0 Å². The fourth-order valence-corrected chi connectivity index (χ4v) is 1.48. The fraction of sp³-hybridized carbons (Fsp3) is 0.273. The molecule has 19 heavy (non-hydrogen) atoms. The molecule has 0 saturated heterocycles. The van der Waals surface area contributed by atoms with Gasteiger partial charge in [-0.1, -0.05) is 0 Å². The highest BCUT2D eigenvalue weighted by molar-refractivity contribution is 5.92. The van der Waals surface area contributed by atoms with Crippen molar-refractivity contribution in [1.82, 2.24) is 4.98 Å². The Balaban J connectivity index is 2.28. The van der Waals surface area contributed by atoms with E-state index < -0.39 is 12.1 Å². The number of carbonyl (C=O) groups excluding carboxylic acids is 1. The maximum absolute atomic E-state index is 12.4. The first-order chi connectivity index (χ1) is 8.90. The molecule has 0 bridgehead atoms. The summed E-state index contributed by atoms with van der Waals surface area (Å²) < 4.78 is 41.8. The van der Waals surface area contributed by atoms with Crippen LogP contribution in [0.4, 0.5) is 18.9 Å². The van der Waals surface area contributed by atoms with Crippen LogP contribution in [-0.2, 0) is 11.0 Å². The van der Waals surface area contributed by atoms with Crippen LogP contribution >= 0.6 is 0 Å². The van der Waals surface area contributed by atoms with Crippen molar-refractivity contribution in [2.75, 3.05) is 11.9 Å². The van der Waals surface area contributed by atoms with Crippen LogP contribution in [0.3, 0.4) is 0 Å². The average molecular weight is 273 g/mol. The zero-order valence-electron chi connectivity index (χ0n) is 9.62. The SMILES string of the molecule is NCCC(=O)Nc1ccc2oc(C(F)(F)F)nc2c1. The topological polar surface area (TPSA) is 81.2 Å². The number of oxazole rings is 1. The zero-order chi connectivity index (χ0) is 14.0. The second-order valence-corrected chi connectivity index (χ2v) is 3.79. The molecule has 0 aliphatic rings. The van der Waals surface area contributed by atoms with Crippen LogP contribution in [0.1, 0.15) is 12.3 Å². The number of fused-ring (bicyclic) bond motifs is 1. The predicted octanol–water partition coefficient (Wildman–Crippen LogP) is 2.13. The molecule has 8 heteroatoms. The highest BCUT2D eigenvalue weighted by atomic mass is 19.4. The summed E-state index contributed by atoms with van der Waals surface area (Å²) >= 11 is 0. The lowest BCUT2D eigenvalue weighted by atomic mass is 10.2. The van der Waals surface area contributed by atoms with Gasteiger partial charge < -0.3 is 15.5 Å². The van der Waals surface area contributed by atoms with E-state index in [1.165, 1.54) is 18.2 Å². The maximum Gasteiger partial charge on any atom is 0.468 e. The van der Waals surface area contributed by atoms with Crippen molar-refractivity contribution in [3.8, 4) is 0 Å². The van der Waals surface area contributed by atoms with Gasteiger partial charge in [-0.2, -0.15) is 13.2 Å². The highest BCUT2D eigenvalue weighted by Gasteiger charge is 2.37. The van der Waals surface area contributed by atoms with Gasteiger partial charge in [0, 0.05) is 18.7 Å². The molecule has 102 valence electrons. The number of hydrogen-bond donors (Lipinski definition) is 2. The molecule has 1 aromatic carbocycles. The third-order valence-corrected chi connectivity index (χ3v) is 2.29. The van der Waals surface area contributed by atoms with Crippen LogP contribution in [0.2, 0.25) is 0 Å². The van der Waals surface area contributed by atoms with E-state index in [9.17, 15) is 18.0 Å². The molecule has 2 rings (SSSR count). The Morgan fingerprint density at radius 3 is 2.79 bits per heavy atom. The number of carbonyl (C=O) groups is 1. The number of alkyl halides is 3. The van der Waals surface area contributed by atoms with Crippen LogP contribution in [0.15, 0.2) is 22.6 Å². The van der Waals surface area contributed by atoms with Gasteiger partial charge in [0.15, 0.2) is 5.58 Å². The predicted molar refractivity (Wildman–Crippen MR) is 61.3 cm³/mol. The molecule has 0 atom stereocenters. The average Bonchev–Trinajstić information content (AvgIpc) is 2.71. The van der Waals surface area contributed by atoms with Gasteiger partial charge in [0.2, 0.25) is 5.91 Å². The molecule has 0 spiro atoms. The first kappa shape index (κ1) is 13.3. The number of aromatic nitrogens is 1. The minimum Gasteiger partial charge on any atom is -0.433 e. The number of hydrogen-bond acceptors (Lipinski definition) is 4. The summed E-state index contributed by atoms with van der Waals surface area (Å²) in [6.45, 7) is 0.191. The van der Waals surface area contributed by atoms with Crippen LogP contribution in [0, 0.1) is 0 Å².